The maximum atomic E-state index is 12.0. The fraction of sp³-hybridized carbons (Fsp3) is 0.182. The quantitative estimate of drug-likeness (QED) is 0.789. The Hall–Kier alpha value is -1.36. The monoisotopic (exact) mass is 244 g/mol. The zero-order valence-electron chi connectivity index (χ0n) is 8.04. The molecule has 0 aliphatic rings. The number of carbonyl (C=O) groups excluding carboxylic acids is 1. The van der Waals surface area contributed by atoms with Crippen LogP contribution in [0.2, 0.25) is 0 Å². The van der Waals surface area contributed by atoms with Crippen molar-refractivity contribution in [2.45, 2.75) is 12.6 Å². The summed E-state index contributed by atoms with van der Waals surface area (Å²) in [5.74, 6) is -1.70. The van der Waals surface area contributed by atoms with Crippen molar-refractivity contribution in [2.75, 3.05) is 0 Å². The van der Waals surface area contributed by atoms with Crippen LogP contribution in [0, 0.1) is 0 Å². The highest BCUT2D eigenvalue weighted by Gasteiger charge is 2.37. The molecule has 0 amide bonds. The van der Waals surface area contributed by atoms with Crippen LogP contribution in [0.5, 0.6) is 0 Å². The minimum atomic E-state index is -4.74. The van der Waals surface area contributed by atoms with Gasteiger partial charge in [0.25, 0.3) is 0 Å². The molecule has 0 unspecified atom stereocenters. The normalized spacial score (nSPS) is 11.9. The van der Waals surface area contributed by atoms with Crippen molar-refractivity contribution in [1.82, 2.24) is 0 Å². The Balaban J connectivity index is 2.25. The van der Waals surface area contributed by atoms with E-state index in [0.717, 1.165) is 10.1 Å². The fourth-order valence-electron chi connectivity index (χ4n) is 1.38. The standard InChI is InChI=1S/C11H7F3OS/c12-11(13,14)10(15)6-8-5-7-3-1-2-4-9(7)16-8/h1-5H,6H2. The molecule has 0 radical (unpaired) electrons. The predicted molar refractivity (Wildman–Crippen MR) is 56.6 cm³/mol. The molecule has 1 aromatic carbocycles. The summed E-state index contributed by atoms with van der Waals surface area (Å²) in [6, 6.07) is 8.89. The molecule has 1 aromatic heterocycles. The Morgan fingerprint density at radius 3 is 2.56 bits per heavy atom. The summed E-state index contributed by atoms with van der Waals surface area (Å²) in [6.07, 6.45) is -5.31. The average Bonchev–Trinajstić information content (AvgIpc) is 2.58. The lowest BCUT2D eigenvalue weighted by Gasteiger charge is -2.02. The molecule has 0 spiro atoms. The van der Waals surface area contributed by atoms with Crippen LogP contribution in [0.1, 0.15) is 4.88 Å². The lowest BCUT2D eigenvalue weighted by Crippen LogP contribution is -2.24. The van der Waals surface area contributed by atoms with E-state index in [1.165, 1.54) is 11.3 Å². The van der Waals surface area contributed by atoms with Gasteiger partial charge in [0.2, 0.25) is 5.78 Å². The first-order valence-corrected chi connectivity index (χ1v) is 5.36. The van der Waals surface area contributed by atoms with Crippen LogP contribution in [0.4, 0.5) is 13.2 Å². The Morgan fingerprint density at radius 2 is 1.94 bits per heavy atom. The van der Waals surface area contributed by atoms with Crippen LogP contribution in [-0.2, 0) is 11.2 Å². The number of fused-ring (bicyclic) bond motifs is 1. The summed E-state index contributed by atoms with van der Waals surface area (Å²) in [4.78, 5) is 11.2. The predicted octanol–water partition coefficient (Wildman–Crippen LogP) is 3.58. The lowest BCUT2D eigenvalue weighted by molar-refractivity contribution is -0.170. The topological polar surface area (TPSA) is 17.1 Å². The molecule has 2 rings (SSSR count). The van der Waals surface area contributed by atoms with E-state index < -0.39 is 18.4 Å². The molecule has 0 atom stereocenters. The Labute approximate surface area is 93.5 Å². The van der Waals surface area contributed by atoms with Crippen molar-refractivity contribution in [3.05, 3.63) is 35.2 Å². The van der Waals surface area contributed by atoms with Crippen molar-refractivity contribution >= 4 is 27.2 Å². The molecule has 1 nitrogen and oxygen atoms in total. The number of halogens is 3. The number of hydrogen-bond donors (Lipinski definition) is 0. The highest BCUT2D eigenvalue weighted by molar-refractivity contribution is 7.19. The SMILES string of the molecule is O=C(Cc1cc2ccccc2s1)C(F)(F)F. The van der Waals surface area contributed by atoms with Crippen molar-refractivity contribution in [2.24, 2.45) is 0 Å². The second-order valence-corrected chi connectivity index (χ2v) is 4.52. The molecule has 16 heavy (non-hydrogen) atoms. The second-order valence-electron chi connectivity index (χ2n) is 3.35. The van der Waals surface area contributed by atoms with Gasteiger partial charge in [0.15, 0.2) is 0 Å². The van der Waals surface area contributed by atoms with E-state index in [1.807, 2.05) is 24.3 Å². The minimum absolute atomic E-state index is 0.448. The van der Waals surface area contributed by atoms with E-state index in [9.17, 15) is 18.0 Å². The molecule has 0 N–H and O–H groups in total. The highest BCUT2D eigenvalue weighted by atomic mass is 32.1. The van der Waals surface area contributed by atoms with Crippen LogP contribution < -0.4 is 0 Å². The molecule has 0 aliphatic carbocycles. The van der Waals surface area contributed by atoms with E-state index in [0.29, 0.717) is 4.88 Å². The lowest BCUT2D eigenvalue weighted by atomic mass is 10.2. The smallest absolute Gasteiger partial charge is 0.289 e. The van der Waals surface area contributed by atoms with Crippen LogP contribution in [0.3, 0.4) is 0 Å². The van der Waals surface area contributed by atoms with Gasteiger partial charge < -0.3 is 0 Å². The van der Waals surface area contributed by atoms with Gasteiger partial charge in [-0.05, 0) is 17.5 Å². The van der Waals surface area contributed by atoms with Crippen LogP contribution >= 0.6 is 11.3 Å². The van der Waals surface area contributed by atoms with Gasteiger partial charge in [-0.3, -0.25) is 4.79 Å². The molecule has 84 valence electrons. The molecule has 0 aliphatic heterocycles. The van der Waals surface area contributed by atoms with Crippen molar-refractivity contribution in [3.8, 4) is 0 Å². The third-order valence-electron chi connectivity index (χ3n) is 2.13. The van der Waals surface area contributed by atoms with Gasteiger partial charge in [-0.2, -0.15) is 13.2 Å². The van der Waals surface area contributed by atoms with Gasteiger partial charge in [0, 0.05) is 9.58 Å². The number of rotatable bonds is 2. The maximum absolute atomic E-state index is 12.0. The van der Waals surface area contributed by atoms with Crippen molar-refractivity contribution < 1.29 is 18.0 Å². The number of benzene rings is 1. The zero-order chi connectivity index (χ0) is 11.8. The number of hydrogen-bond acceptors (Lipinski definition) is 2. The zero-order valence-corrected chi connectivity index (χ0v) is 8.86. The highest BCUT2D eigenvalue weighted by Crippen LogP contribution is 2.27. The minimum Gasteiger partial charge on any atom is -0.289 e. The second kappa shape index (κ2) is 3.90. The summed E-state index contributed by atoms with van der Waals surface area (Å²) in [6.45, 7) is 0. The molecule has 2 aromatic rings. The maximum Gasteiger partial charge on any atom is 0.450 e. The summed E-state index contributed by atoms with van der Waals surface area (Å²) < 4.78 is 37.0. The molecule has 0 saturated heterocycles. The van der Waals surface area contributed by atoms with E-state index in [1.54, 1.807) is 6.07 Å². The summed E-state index contributed by atoms with van der Waals surface area (Å²) >= 11 is 1.22. The Morgan fingerprint density at radius 1 is 1.25 bits per heavy atom. The fourth-order valence-corrected chi connectivity index (χ4v) is 2.45. The van der Waals surface area contributed by atoms with Gasteiger partial charge >= 0.3 is 6.18 Å². The molecule has 1 heterocycles. The molecular formula is C11H7F3OS. The van der Waals surface area contributed by atoms with Gasteiger partial charge in [0.1, 0.15) is 0 Å². The van der Waals surface area contributed by atoms with E-state index in [-0.39, 0.29) is 0 Å². The average molecular weight is 244 g/mol. The third-order valence-corrected chi connectivity index (χ3v) is 3.24. The number of ketones is 1. The van der Waals surface area contributed by atoms with Gasteiger partial charge in [-0.15, -0.1) is 11.3 Å². The Kier molecular flexibility index (Phi) is 2.71. The van der Waals surface area contributed by atoms with Crippen LogP contribution in [-0.4, -0.2) is 12.0 Å². The summed E-state index contributed by atoms with van der Waals surface area (Å²) in [5, 5.41) is 0.873. The molecule has 0 bridgehead atoms. The molecule has 5 heteroatoms. The number of Topliss-reactive ketones (excluding diaryl/α,β-unsaturated/α-hetero) is 1. The van der Waals surface area contributed by atoms with Gasteiger partial charge in [-0.25, -0.2) is 0 Å². The number of alkyl halides is 3. The largest absolute Gasteiger partial charge is 0.450 e. The molecule has 0 fully saturated rings. The summed E-state index contributed by atoms with van der Waals surface area (Å²) in [7, 11) is 0. The van der Waals surface area contributed by atoms with Crippen LogP contribution in [0.15, 0.2) is 30.3 Å². The third kappa shape index (κ3) is 2.24. The first-order chi connectivity index (χ1) is 7.47. The first-order valence-electron chi connectivity index (χ1n) is 4.54. The van der Waals surface area contributed by atoms with Crippen molar-refractivity contribution in [3.63, 3.8) is 0 Å². The van der Waals surface area contributed by atoms with E-state index in [4.69, 9.17) is 0 Å². The first kappa shape index (κ1) is 11.1. The van der Waals surface area contributed by atoms with Crippen molar-refractivity contribution in [1.29, 1.82) is 0 Å². The van der Waals surface area contributed by atoms with Gasteiger partial charge in [0.05, 0.1) is 6.42 Å². The number of carbonyl (C=O) groups is 1. The van der Waals surface area contributed by atoms with E-state index in [2.05, 4.69) is 0 Å². The van der Waals surface area contributed by atoms with Gasteiger partial charge in [-0.1, -0.05) is 18.2 Å². The molecule has 0 saturated carbocycles. The number of thiophene rings is 1. The van der Waals surface area contributed by atoms with Crippen LogP contribution in [0.25, 0.3) is 10.1 Å². The van der Waals surface area contributed by atoms with E-state index >= 15 is 0 Å². The summed E-state index contributed by atoms with van der Waals surface area (Å²) in [5.41, 5.74) is 0. The molecular weight excluding hydrogens is 237 g/mol. The Bertz CT molecular complexity index is 494.